The van der Waals surface area contributed by atoms with Crippen LogP contribution in [0.15, 0.2) is 54.6 Å². The summed E-state index contributed by atoms with van der Waals surface area (Å²) in [5, 5.41) is 2.83. The van der Waals surface area contributed by atoms with E-state index in [1.54, 1.807) is 25.1 Å². The first kappa shape index (κ1) is 18.4. The van der Waals surface area contributed by atoms with Crippen molar-refractivity contribution >= 4 is 21.6 Å². The zero-order valence-corrected chi connectivity index (χ0v) is 15.4. The Morgan fingerprint density at radius 1 is 1.15 bits per heavy atom. The van der Waals surface area contributed by atoms with Gasteiger partial charge in [0.2, 0.25) is 15.9 Å². The number of rotatable bonds is 6. The van der Waals surface area contributed by atoms with Gasteiger partial charge in [-0.15, -0.1) is 0 Å². The van der Waals surface area contributed by atoms with E-state index in [-0.39, 0.29) is 11.7 Å². The van der Waals surface area contributed by atoms with E-state index >= 15 is 0 Å². The Hall–Kier alpha value is -2.38. The Balaban J connectivity index is 1.78. The lowest BCUT2D eigenvalue weighted by Crippen LogP contribution is -2.43. The van der Waals surface area contributed by atoms with Crippen LogP contribution in [0.2, 0.25) is 0 Å². The van der Waals surface area contributed by atoms with E-state index in [1.807, 2.05) is 36.4 Å². The lowest BCUT2D eigenvalue weighted by atomic mass is 10.2. The zero-order chi connectivity index (χ0) is 18.6. The third-order valence-electron chi connectivity index (χ3n) is 4.34. The molecule has 0 aliphatic carbocycles. The Bertz CT molecular complexity index is 868. The molecule has 1 amide bonds. The van der Waals surface area contributed by atoms with Gasteiger partial charge in [0.25, 0.3) is 0 Å². The smallest absolute Gasteiger partial charge is 0.242 e. The standard InChI is InChI=1S/C19H22N2O4S/c1-2-26(23,24)21-14-8-12-17(21)19(22)20-16-11-6-7-13-18(16)25-15-9-4-3-5-10-15/h3-7,9-11,13,17H,2,8,12,14H2,1H3,(H,20,22). The van der Waals surface area contributed by atoms with Gasteiger partial charge in [0, 0.05) is 6.54 Å². The van der Waals surface area contributed by atoms with E-state index in [0.717, 1.165) is 0 Å². The number of sulfonamides is 1. The first-order valence-electron chi connectivity index (χ1n) is 8.63. The minimum Gasteiger partial charge on any atom is -0.455 e. The Morgan fingerprint density at radius 3 is 2.58 bits per heavy atom. The fourth-order valence-corrected chi connectivity index (χ4v) is 4.32. The van der Waals surface area contributed by atoms with Crippen LogP contribution in [-0.2, 0) is 14.8 Å². The van der Waals surface area contributed by atoms with Gasteiger partial charge in [-0.05, 0) is 44.0 Å². The molecule has 6 nitrogen and oxygen atoms in total. The van der Waals surface area contributed by atoms with Crippen molar-refractivity contribution < 1.29 is 17.9 Å². The minimum atomic E-state index is -3.40. The second-order valence-corrected chi connectivity index (χ2v) is 8.28. The van der Waals surface area contributed by atoms with Crippen molar-refractivity contribution in [3.05, 3.63) is 54.6 Å². The van der Waals surface area contributed by atoms with Gasteiger partial charge >= 0.3 is 0 Å². The molecule has 1 aliphatic rings. The highest BCUT2D eigenvalue weighted by atomic mass is 32.2. The first-order chi connectivity index (χ1) is 12.5. The van der Waals surface area contributed by atoms with Gasteiger partial charge in [0.15, 0.2) is 5.75 Å². The van der Waals surface area contributed by atoms with Crippen LogP contribution in [0.3, 0.4) is 0 Å². The van der Waals surface area contributed by atoms with Crippen LogP contribution in [0.25, 0.3) is 0 Å². The number of hydrogen-bond acceptors (Lipinski definition) is 4. The third kappa shape index (κ3) is 4.05. The number of amides is 1. The van der Waals surface area contributed by atoms with E-state index in [9.17, 15) is 13.2 Å². The molecule has 3 rings (SSSR count). The van der Waals surface area contributed by atoms with Gasteiger partial charge in [-0.1, -0.05) is 30.3 Å². The molecule has 0 spiro atoms. The molecule has 138 valence electrons. The van der Waals surface area contributed by atoms with E-state index in [1.165, 1.54) is 4.31 Å². The number of nitrogens with zero attached hydrogens (tertiary/aromatic N) is 1. The van der Waals surface area contributed by atoms with Crippen molar-refractivity contribution in [3.63, 3.8) is 0 Å². The molecule has 1 saturated heterocycles. The van der Waals surface area contributed by atoms with Crippen molar-refractivity contribution in [1.82, 2.24) is 4.31 Å². The van der Waals surface area contributed by atoms with Gasteiger partial charge in [0.05, 0.1) is 11.4 Å². The molecule has 1 atom stereocenters. The zero-order valence-electron chi connectivity index (χ0n) is 14.6. The van der Waals surface area contributed by atoms with Crippen molar-refractivity contribution in [1.29, 1.82) is 0 Å². The maximum Gasteiger partial charge on any atom is 0.242 e. The number of ether oxygens (including phenoxy) is 1. The summed E-state index contributed by atoms with van der Waals surface area (Å²) in [5.74, 6) is 0.827. The number of carbonyl (C=O) groups is 1. The summed E-state index contributed by atoms with van der Waals surface area (Å²) in [7, 11) is -3.40. The predicted octanol–water partition coefficient (Wildman–Crippen LogP) is 3.23. The average Bonchev–Trinajstić information content (AvgIpc) is 3.15. The molecule has 2 aromatic carbocycles. The topological polar surface area (TPSA) is 75.7 Å². The Kier molecular flexibility index (Phi) is 5.58. The summed E-state index contributed by atoms with van der Waals surface area (Å²) >= 11 is 0. The fraction of sp³-hybridized carbons (Fsp3) is 0.316. The molecule has 1 fully saturated rings. The molecular formula is C19H22N2O4S. The van der Waals surface area contributed by atoms with Crippen LogP contribution in [0.5, 0.6) is 11.5 Å². The van der Waals surface area contributed by atoms with Gasteiger partial charge in [-0.25, -0.2) is 8.42 Å². The highest BCUT2D eigenvalue weighted by molar-refractivity contribution is 7.89. The number of hydrogen-bond donors (Lipinski definition) is 1. The largest absolute Gasteiger partial charge is 0.455 e. The molecule has 26 heavy (non-hydrogen) atoms. The first-order valence-corrected chi connectivity index (χ1v) is 10.2. The van der Waals surface area contributed by atoms with Crippen LogP contribution < -0.4 is 10.1 Å². The highest BCUT2D eigenvalue weighted by Crippen LogP contribution is 2.30. The van der Waals surface area contributed by atoms with Gasteiger partial charge in [0.1, 0.15) is 11.8 Å². The van der Waals surface area contributed by atoms with Crippen molar-refractivity contribution in [2.24, 2.45) is 0 Å². The molecule has 1 aliphatic heterocycles. The van der Waals surface area contributed by atoms with E-state index in [4.69, 9.17) is 4.74 Å². The van der Waals surface area contributed by atoms with Gasteiger partial charge in [-0.2, -0.15) is 4.31 Å². The molecule has 0 radical (unpaired) electrons. The number of para-hydroxylation sites is 3. The van der Waals surface area contributed by atoms with Crippen molar-refractivity contribution in [3.8, 4) is 11.5 Å². The molecule has 0 aromatic heterocycles. The van der Waals surface area contributed by atoms with Crippen LogP contribution >= 0.6 is 0 Å². The number of anilines is 1. The second kappa shape index (κ2) is 7.88. The molecule has 0 bridgehead atoms. The third-order valence-corrected chi connectivity index (χ3v) is 6.23. The van der Waals surface area contributed by atoms with Crippen LogP contribution in [-0.4, -0.2) is 37.0 Å². The summed E-state index contributed by atoms with van der Waals surface area (Å²) < 4.78 is 31.5. The number of carbonyl (C=O) groups excluding carboxylic acids is 1. The summed E-state index contributed by atoms with van der Waals surface area (Å²) in [6.07, 6.45) is 1.20. The van der Waals surface area contributed by atoms with E-state index < -0.39 is 16.1 Å². The van der Waals surface area contributed by atoms with Crippen molar-refractivity contribution in [2.45, 2.75) is 25.8 Å². The lowest BCUT2D eigenvalue weighted by molar-refractivity contribution is -0.119. The average molecular weight is 374 g/mol. The van der Waals surface area contributed by atoms with Crippen LogP contribution in [0.4, 0.5) is 5.69 Å². The number of nitrogens with one attached hydrogen (secondary N) is 1. The second-order valence-electron chi connectivity index (χ2n) is 6.07. The van der Waals surface area contributed by atoms with Gasteiger partial charge < -0.3 is 10.1 Å². The summed E-state index contributed by atoms with van der Waals surface area (Å²) in [6, 6.07) is 15.7. The molecule has 1 unspecified atom stereocenters. The maximum absolute atomic E-state index is 12.7. The molecule has 2 aromatic rings. The summed E-state index contributed by atoms with van der Waals surface area (Å²) in [5.41, 5.74) is 0.516. The van der Waals surface area contributed by atoms with Gasteiger partial charge in [-0.3, -0.25) is 4.79 Å². The predicted molar refractivity (Wildman–Crippen MR) is 101 cm³/mol. The molecule has 0 saturated carbocycles. The molecule has 7 heteroatoms. The molecule has 1 heterocycles. The normalized spacial score (nSPS) is 17.8. The number of benzene rings is 2. The summed E-state index contributed by atoms with van der Waals surface area (Å²) in [4.78, 5) is 12.7. The minimum absolute atomic E-state index is 0.00944. The van der Waals surface area contributed by atoms with Crippen LogP contribution in [0.1, 0.15) is 19.8 Å². The van der Waals surface area contributed by atoms with Crippen molar-refractivity contribution in [2.75, 3.05) is 17.6 Å². The Morgan fingerprint density at radius 2 is 1.85 bits per heavy atom. The van der Waals surface area contributed by atoms with E-state index in [0.29, 0.717) is 36.6 Å². The van der Waals surface area contributed by atoms with E-state index in [2.05, 4.69) is 5.32 Å². The Labute approximate surface area is 153 Å². The monoisotopic (exact) mass is 374 g/mol. The molecular weight excluding hydrogens is 352 g/mol. The van der Waals surface area contributed by atoms with Crippen LogP contribution in [0, 0.1) is 0 Å². The summed E-state index contributed by atoms with van der Waals surface area (Å²) in [6.45, 7) is 1.97. The fourth-order valence-electron chi connectivity index (χ4n) is 2.99. The highest BCUT2D eigenvalue weighted by Gasteiger charge is 2.37. The quantitative estimate of drug-likeness (QED) is 0.842. The molecule has 1 N–H and O–H groups in total. The lowest BCUT2D eigenvalue weighted by Gasteiger charge is -2.23. The maximum atomic E-state index is 12.7. The SMILES string of the molecule is CCS(=O)(=O)N1CCCC1C(=O)Nc1ccccc1Oc1ccccc1.